The van der Waals surface area contributed by atoms with E-state index in [1.807, 2.05) is 0 Å². The highest BCUT2D eigenvalue weighted by Gasteiger charge is 2.46. The molecule has 4 nitrogen and oxygen atoms in total. The molecule has 2 amide bonds. The van der Waals surface area contributed by atoms with E-state index < -0.39 is 11.5 Å². The molecule has 4 heteroatoms. The van der Waals surface area contributed by atoms with Crippen LogP contribution in [0.5, 0.6) is 0 Å². The molecule has 74 valence electrons. The summed E-state index contributed by atoms with van der Waals surface area (Å²) in [6.07, 6.45) is 0.246. The summed E-state index contributed by atoms with van der Waals surface area (Å²) in [5.41, 5.74) is -0.597. The Balaban J connectivity index is 2.89. The van der Waals surface area contributed by atoms with E-state index in [-0.39, 0.29) is 24.8 Å². The lowest BCUT2D eigenvalue weighted by Gasteiger charge is -2.22. The second kappa shape index (κ2) is 3.10. The summed E-state index contributed by atoms with van der Waals surface area (Å²) in [5.74, 6) is -0.365. The highest BCUT2D eigenvalue weighted by Crippen LogP contribution is 2.32. The number of hydrogen-bond acceptors (Lipinski definition) is 3. The number of aliphatic hydroxyl groups excluding tert-OH is 1. The van der Waals surface area contributed by atoms with Gasteiger partial charge in [0.15, 0.2) is 0 Å². The Bertz CT molecular complexity index is 247. The summed E-state index contributed by atoms with van der Waals surface area (Å²) in [7, 11) is 0. The molecule has 0 radical (unpaired) electrons. The van der Waals surface area contributed by atoms with E-state index >= 15 is 0 Å². The maximum atomic E-state index is 11.6. The average Bonchev–Trinajstić information content (AvgIpc) is 2.21. The van der Waals surface area contributed by atoms with Gasteiger partial charge in [-0.15, -0.1) is 0 Å². The first-order chi connectivity index (χ1) is 5.90. The van der Waals surface area contributed by atoms with Crippen LogP contribution < -0.4 is 0 Å². The predicted molar refractivity (Wildman–Crippen MR) is 46.8 cm³/mol. The minimum absolute atomic E-state index is 0.173. The summed E-state index contributed by atoms with van der Waals surface area (Å²) in [5, 5.41) is 8.85. The Morgan fingerprint density at radius 1 is 1.54 bits per heavy atom. The van der Waals surface area contributed by atoms with Crippen LogP contribution in [0.1, 0.15) is 27.2 Å². The van der Waals surface area contributed by atoms with Crippen molar-refractivity contribution in [3.63, 3.8) is 0 Å². The topological polar surface area (TPSA) is 57.6 Å². The van der Waals surface area contributed by atoms with Crippen molar-refractivity contribution < 1.29 is 14.7 Å². The van der Waals surface area contributed by atoms with Crippen molar-refractivity contribution in [2.75, 3.05) is 6.61 Å². The lowest BCUT2D eigenvalue weighted by Crippen LogP contribution is -2.41. The summed E-state index contributed by atoms with van der Waals surface area (Å²) in [6.45, 7) is 4.99. The van der Waals surface area contributed by atoms with Crippen molar-refractivity contribution in [3.8, 4) is 0 Å². The van der Waals surface area contributed by atoms with Crippen LogP contribution in [-0.2, 0) is 9.59 Å². The molecule has 0 spiro atoms. The van der Waals surface area contributed by atoms with Crippen molar-refractivity contribution in [1.29, 1.82) is 0 Å². The smallest absolute Gasteiger partial charge is 0.235 e. The van der Waals surface area contributed by atoms with Gasteiger partial charge in [0.2, 0.25) is 11.8 Å². The van der Waals surface area contributed by atoms with Gasteiger partial charge in [0.05, 0.1) is 18.1 Å². The molecule has 1 saturated heterocycles. The van der Waals surface area contributed by atoms with Crippen LogP contribution in [0, 0.1) is 5.41 Å². The third-order valence-corrected chi connectivity index (χ3v) is 2.36. The van der Waals surface area contributed by atoms with Crippen molar-refractivity contribution in [2.45, 2.75) is 33.2 Å². The number of carbonyl (C=O) groups is 2. The first-order valence-corrected chi connectivity index (χ1v) is 4.37. The molecule has 1 aliphatic rings. The molecule has 1 heterocycles. The van der Waals surface area contributed by atoms with Crippen LogP contribution >= 0.6 is 0 Å². The highest BCUT2D eigenvalue weighted by molar-refractivity contribution is 6.05. The first kappa shape index (κ1) is 10.2. The largest absolute Gasteiger partial charge is 0.394 e. The third kappa shape index (κ3) is 1.58. The number of amides is 2. The Kier molecular flexibility index (Phi) is 2.43. The fraction of sp³-hybridized carbons (Fsp3) is 0.778. The van der Waals surface area contributed by atoms with Gasteiger partial charge in [0.25, 0.3) is 0 Å². The molecule has 0 aromatic carbocycles. The summed E-state index contributed by atoms with van der Waals surface area (Å²) in [4.78, 5) is 24.2. The minimum atomic E-state index is -0.597. The van der Waals surface area contributed by atoms with Crippen molar-refractivity contribution in [3.05, 3.63) is 0 Å². The van der Waals surface area contributed by atoms with E-state index in [0.717, 1.165) is 0 Å². The van der Waals surface area contributed by atoms with E-state index in [1.54, 1.807) is 20.8 Å². The van der Waals surface area contributed by atoms with Crippen molar-refractivity contribution in [1.82, 2.24) is 4.90 Å². The molecular formula is C9H15NO3. The van der Waals surface area contributed by atoms with E-state index in [0.29, 0.717) is 0 Å². The maximum Gasteiger partial charge on any atom is 0.235 e. The summed E-state index contributed by atoms with van der Waals surface area (Å²) < 4.78 is 0. The zero-order chi connectivity index (χ0) is 10.2. The lowest BCUT2D eigenvalue weighted by molar-refractivity contribution is -0.144. The molecular weight excluding hydrogens is 170 g/mol. The molecule has 0 aromatic heterocycles. The fourth-order valence-corrected chi connectivity index (χ4v) is 1.51. The fourth-order valence-electron chi connectivity index (χ4n) is 1.51. The van der Waals surface area contributed by atoms with Gasteiger partial charge in [-0.1, -0.05) is 13.8 Å². The molecule has 1 N–H and O–H groups in total. The molecule has 1 fully saturated rings. The second-order valence-corrected chi connectivity index (χ2v) is 4.16. The number of rotatable bonds is 2. The summed E-state index contributed by atoms with van der Waals surface area (Å²) in [6, 6.07) is -0.401. The van der Waals surface area contributed by atoms with Gasteiger partial charge in [0, 0.05) is 6.42 Å². The van der Waals surface area contributed by atoms with Crippen LogP contribution in [0.2, 0.25) is 0 Å². The molecule has 1 rings (SSSR count). The number of aliphatic hydroxyl groups is 1. The Morgan fingerprint density at radius 3 is 2.38 bits per heavy atom. The van der Waals surface area contributed by atoms with Crippen molar-refractivity contribution in [2.24, 2.45) is 5.41 Å². The van der Waals surface area contributed by atoms with Gasteiger partial charge in [-0.25, -0.2) is 0 Å². The van der Waals surface area contributed by atoms with Crippen LogP contribution in [0.25, 0.3) is 0 Å². The number of likely N-dealkylation sites (tertiary alicyclic amines) is 1. The number of nitrogens with zero attached hydrogens (tertiary/aromatic N) is 1. The SMILES string of the molecule is CC(CO)N1C(=O)CC(C)(C)C1=O. The Morgan fingerprint density at radius 2 is 2.08 bits per heavy atom. The molecule has 0 bridgehead atoms. The zero-order valence-electron chi connectivity index (χ0n) is 8.20. The van der Waals surface area contributed by atoms with E-state index in [1.165, 1.54) is 4.90 Å². The normalized spacial score (nSPS) is 23.8. The maximum absolute atomic E-state index is 11.6. The standard InChI is InChI=1S/C9H15NO3/c1-6(5-11)10-7(12)4-9(2,3)8(10)13/h6,11H,4-5H2,1-3H3. The third-order valence-electron chi connectivity index (χ3n) is 2.36. The van der Waals surface area contributed by atoms with E-state index in [9.17, 15) is 9.59 Å². The number of carbonyl (C=O) groups excluding carboxylic acids is 2. The van der Waals surface area contributed by atoms with Crippen LogP contribution in [0.4, 0.5) is 0 Å². The highest BCUT2D eigenvalue weighted by atomic mass is 16.3. The second-order valence-electron chi connectivity index (χ2n) is 4.16. The van der Waals surface area contributed by atoms with Gasteiger partial charge < -0.3 is 5.11 Å². The Labute approximate surface area is 77.5 Å². The minimum Gasteiger partial charge on any atom is -0.394 e. The molecule has 0 aromatic rings. The molecule has 1 unspecified atom stereocenters. The molecule has 13 heavy (non-hydrogen) atoms. The molecule has 1 aliphatic heterocycles. The summed E-state index contributed by atoms with van der Waals surface area (Å²) >= 11 is 0. The van der Waals surface area contributed by atoms with Gasteiger partial charge in [-0.3, -0.25) is 14.5 Å². The average molecular weight is 185 g/mol. The van der Waals surface area contributed by atoms with Crippen LogP contribution in [0.15, 0.2) is 0 Å². The van der Waals surface area contributed by atoms with Crippen LogP contribution in [0.3, 0.4) is 0 Å². The van der Waals surface area contributed by atoms with Gasteiger partial charge in [0.1, 0.15) is 0 Å². The van der Waals surface area contributed by atoms with Crippen molar-refractivity contribution >= 4 is 11.8 Å². The quantitative estimate of drug-likeness (QED) is 0.623. The molecule has 0 saturated carbocycles. The van der Waals surface area contributed by atoms with Gasteiger partial charge >= 0.3 is 0 Å². The predicted octanol–water partition coefficient (Wildman–Crippen LogP) is 0.152. The monoisotopic (exact) mass is 185 g/mol. The first-order valence-electron chi connectivity index (χ1n) is 4.37. The number of imide groups is 1. The lowest BCUT2D eigenvalue weighted by atomic mass is 9.92. The van der Waals surface area contributed by atoms with E-state index in [4.69, 9.17) is 5.11 Å². The van der Waals surface area contributed by atoms with Gasteiger partial charge in [-0.2, -0.15) is 0 Å². The van der Waals surface area contributed by atoms with Gasteiger partial charge in [-0.05, 0) is 6.92 Å². The number of hydrogen-bond donors (Lipinski definition) is 1. The Hall–Kier alpha value is -0.900. The zero-order valence-corrected chi connectivity index (χ0v) is 8.20. The van der Waals surface area contributed by atoms with E-state index in [2.05, 4.69) is 0 Å². The molecule has 1 atom stereocenters. The van der Waals surface area contributed by atoms with Crippen LogP contribution in [-0.4, -0.2) is 34.5 Å². The molecule has 0 aliphatic carbocycles.